The molecule has 0 amide bonds. The summed E-state index contributed by atoms with van der Waals surface area (Å²) in [6.45, 7) is 5.29. The predicted molar refractivity (Wildman–Crippen MR) is 81.8 cm³/mol. The molecule has 0 bridgehead atoms. The van der Waals surface area contributed by atoms with E-state index in [0.717, 1.165) is 18.7 Å². The summed E-state index contributed by atoms with van der Waals surface area (Å²) in [5, 5.41) is 3.54. The Morgan fingerprint density at radius 3 is 2.89 bits per heavy atom. The van der Waals surface area contributed by atoms with Gasteiger partial charge < -0.3 is 9.73 Å². The number of rotatable bonds is 7. The first-order valence-corrected chi connectivity index (χ1v) is 7.70. The summed E-state index contributed by atoms with van der Waals surface area (Å²) in [4.78, 5) is 1.34. The second-order valence-electron chi connectivity index (χ2n) is 4.72. The van der Waals surface area contributed by atoms with Gasteiger partial charge in [-0.15, -0.1) is 11.8 Å². The van der Waals surface area contributed by atoms with Gasteiger partial charge in [0.05, 0.1) is 12.5 Å². The van der Waals surface area contributed by atoms with E-state index < -0.39 is 0 Å². The van der Waals surface area contributed by atoms with Crippen molar-refractivity contribution < 1.29 is 4.42 Å². The van der Waals surface area contributed by atoms with Gasteiger partial charge in [-0.25, -0.2) is 0 Å². The fourth-order valence-corrected chi connectivity index (χ4v) is 3.15. The first-order valence-electron chi connectivity index (χ1n) is 6.72. The van der Waals surface area contributed by atoms with Gasteiger partial charge in [0.25, 0.3) is 0 Å². The van der Waals surface area contributed by atoms with Gasteiger partial charge in [-0.05, 0) is 43.7 Å². The Hall–Kier alpha value is -1.19. The third kappa shape index (κ3) is 4.77. The summed E-state index contributed by atoms with van der Waals surface area (Å²) in [6, 6.07) is 11.2. The summed E-state index contributed by atoms with van der Waals surface area (Å²) in [5.41, 5.74) is 2.58. The van der Waals surface area contributed by atoms with Crippen LogP contribution in [0, 0.1) is 6.92 Å². The molecule has 1 N–H and O–H groups in total. The summed E-state index contributed by atoms with van der Waals surface area (Å²) in [5.74, 6) is 1.07. The average Bonchev–Trinajstić information content (AvgIpc) is 2.89. The zero-order valence-corrected chi connectivity index (χ0v) is 12.4. The maximum Gasteiger partial charge on any atom is 0.0935 e. The number of hydrogen-bond donors (Lipinski definition) is 1. The van der Waals surface area contributed by atoms with Crippen LogP contribution in [-0.2, 0) is 6.42 Å². The minimum absolute atomic E-state index is 0.480. The van der Waals surface area contributed by atoms with Crippen molar-refractivity contribution >= 4 is 11.8 Å². The van der Waals surface area contributed by atoms with E-state index in [1.165, 1.54) is 16.0 Å². The zero-order valence-electron chi connectivity index (χ0n) is 11.6. The zero-order chi connectivity index (χ0) is 13.5. The lowest BCUT2D eigenvalue weighted by atomic mass is 10.1. The largest absolute Gasteiger partial charge is 0.472 e. The number of aryl methyl sites for hydroxylation is 1. The molecule has 0 aliphatic carbocycles. The van der Waals surface area contributed by atoms with Crippen LogP contribution >= 0.6 is 11.8 Å². The molecule has 0 saturated heterocycles. The van der Waals surface area contributed by atoms with E-state index >= 15 is 0 Å². The van der Waals surface area contributed by atoms with Crippen LogP contribution in [0.1, 0.15) is 18.1 Å². The van der Waals surface area contributed by atoms with Gasteiger partial charge >= 0.3 is 0 Å². The van der Waals surface area contributed by atoms with Crippen molar-refractivity contribution in [3.8, 4) is 0 Å². The highest BCUT2D eigenvalue weighted by atomic mass is 32.2. The maximum atomic E-state index is 5.14. The Kier molecular flexibility index (Phi) is 5.55. The topological polar surface area (TPSA) is 25.2 Å². The fourth-order valence-electron chi connectivity index (χ4n) is 2.07. The fraction of sp³-hybridized carbons (Fsp3) is 0.375. The molecule has 1 atom stereocenters. The van der Waals surface area contributed by atoms with E-state index in [1.54, 1.807) is 6.26 Å². The molecule has 2 rings (SSSR count). The molecular weight excluding hydrogens is 254 g/mol. The molecule has 3 heteroatoms. The highest BCUT2D eigenvalue weighted by molar-refractivity contribution is 7.99. The van der Waals surface area contributed by atoms with Crippen molar-refractivity contribution in [1.29, 1.82) is 0 Å². The van der Waals surface area contributed by atoms with Crippen LogP contribution in [-0.4, -0.2) is 18.3 Å². The van der Waals surface area contributed by atoms with Crippen molar-refractivity contribution in [2.75, 3.05) is 12.3 Å². The van der Waals surface area contributed by atoms with Crippen LogP contribution in [0.4, 0.5) is 0 Å². The monoisotopic (exact) mass is 275 g/mol. The normalized spacial score (nSPS) is 12.5. The lowest BCUT2D eigenvalue weighted by Crippen LogP contribution is -2.33. The van der Waals surface area contributed by atoms with Crippen LogP contribution in [0.2, 0.25) is 0 Å². The Morgan fingerprint density at radius 2 is 2.21 bits per heavy atom. The average molecular weight is 275 g/mol. The van der Waals surface area contributed by atoms with Crippen LogP contribution in [0.3, 0.4) is 0 Å². The molecule has 0 radical (unpaired) electrons. The second-order valence-corrected chi connectivity index (χ2v) is 5.81. The Balaban J connectivity index is 1.89. The third-order valence-corrected chi connectivity index (χ3v) is 4.15. The lowest BCUT2D eigenvalue weighted by Gasteiger charge is -2.16. The Morgan fingerprint density at radius 1 is 1.32 bits per heavy atom. The highest BCUT2D eigenvalue weighted by Crippen LogP contribution is 2.20. The number of furan rings is 1. The molecule has 2 aromatic rings. The lowest BCUT2D eigenvalue weighted by molar-refractivity contribution is 0.547. The Bertz CT molecular complexity index is 481. The van der Waals surface area contributed by atoms with E-state index in [1.807, 2.05) is 24.1 Å². The van der Waals surface area contributed by atoms with E-state index in [0.29, 0.717) is 6.04 Å². The van der Waals surface area contributed by atoms with Gasteiger partial charge in [-0.2, -0.15) is 0 Å². The summed E-state index contributed by atoms with van der Waals surface area (Å²) in [6.07, 6.45) is 4.59. The van der Waals surface area contributed by atoms with Crippen LogP contribution in [0.5, 0.6) is 0 Å². The smallest absolute Gasteiger partial charge is 0.0935 e. The third-order valence-electron chi connectivity index (χ3n) is 3.00. The van der Waals surface area contributed by atoms with E-state index in [4.69, 9.17) is 4.42 Å². The van der Waals surface area contributed by atoms with Crippen LogP contribution in [0.15, 0.2) is 52.2 Å². The van der Waals surface area contributed by atoms with Crippen molar-refractivity contribution in [2.24, 2.45) is 0 Å². The first kappa shape index (κ1) is 14.2. The quantitative estimate of drug-likeness (QED) is 0.776. The van der Waals surface area contributed by atoms with Gasteiger partial charge in [0.1, 0.15) is 0 Å². The number of likely N-dealkylation sites (N-methyl/N-ethyl adjacent to an activating group) is 1. The minimum Gasteiger partial charge on any atom is -0.472 e. The second kappa shape index (κ2) is 7.41. The predicted octanol–water partition coefficient (Wildman–Crippen LogP) is 3.90. The van der Waals surface area contributed by atoms with Gasteiger partial charge in [0.2, 0.25) is 0 Å². The molecule has 1 unspecified atom stereocenters. The van der Waals surface area contributed by atoms with E-state index in [9.17, 15) is 0 Å². The molecule has 2 nitrogen and oxygen atoms in total. The number of thioether (sulfide) groups is 1. The molecule has 19 heavy (non-hydrogen) atoms. The molecule has 0 aliphatic heterocycles. The van der Waals surface area contributed by atoms with E-state index in [-0.39, 0.29) is 0 Å². The highest BCUT2D eigenvalue weighted by Gasteiger charge is 2.10. The summed E-state index contributed by atoms with van der Waals surface area (Å²) >= 11 is 1.91. The SMILES string of the molecule is CCNC(CSc1cccc(C)c1)Cc1ccoc1. The summed E-state index contributed by atoms with van der Waals surface area (Å²) in [7, 11) is 0. The van der Waals surface area contributed by atoms with Crippen molar-refractivity contribution in [3.63, 3.8) is 0 Å². The molecular formula is C16H21NOS. The van der Waals surface area contributed by atoms with Gasteiger partial charge in [0.15, 0.2) is 0 Å². The standard InChI is InChI=1S/C16H21NOS/c1-3-17-15(10-14-7-8-18-11-14)12-19-16-6-4-5-13(2)9-16/h4-9,11,15,17H,3,10,12H2,1-2H3. The van der Waals surface area contributed by atoms with Crippen molar-refractivity contribution in [2.45, 2.75) is 31.2 Å². The van der Waals surface area contributed by atoms with Gasteiger partial charge in [-0.3, -0.25) is 0 Å². The van der Waals surface area contributed by atoms with Gasteiger partial charge in [0, 0.05) is 16.7 Å². The molecule has 0 spiro atoms. The van der Waals surface area contributed by atoms with Crippen LogP contribution < -0.4 is 5.32 Å². The van der Waals surface area contributed by atoms with Crippen molar-refractivity contribution in [1.82, 2.24) is 5.32 Å². The molecule has 0 fully saturated rings. The molecule has 1 aromatic carbocycles. The molecule has 1 heterocycles. The molecule has 0 saturated carbocycles. The number of benzene rings is 1. The first-order chi connectivity index (χ1) is 9.28. The van der Waals surface area contributed by atoms with Crippen LogP contribution in [0.25, 0.3) is 0 Å². The minimum atomic E-state index is 0.480. The number of nitrogens with one attached hydrogen (secondary N) is 1. The Labute approximate surface area is 119 Å². The molecule has 1 aromatic heterocycles. The maximum absolute atomic E-state index is 5.14. The molecule has 102 valence electrons. The number of hydrogen-bond acceptors (Lipinski definition) is 3. The van der Waals surface area contributed by atoms with Crippen molar-refractivity contribution in [3.05, 3.63) is 54.0 Å². The van der Waals surface area contributed by atoms with Gasteiger partial charge in [-0.1, -0.05) is 24.6 Å². The molecule has 0 aliphatic rings. The van der Waals surface area contributed by atoms with E-state index in [2.05, 4.69) is 43.4 Å². The summed E-state index contributed by atoms with van der Waals surface area (Å²) < 4.78 is 5.14.